The van der Waals surface area contributed by atoms with Crippen LogP contribution in [0.25, 0.3) is 0 Å². The molecule has 0 saturated carbocycles. The number of carbonyl (C=O) groups is 1. The fourth-order valence-corrected chi connectivity index (χ4v) is 2.03. The molecule has 3 nitrogen and oxygen atoms in total. The third-order valence-corrected chi connectivity index (χ3v) is 3.41. The van der Waals surface area contributed by atoms with E-state index >= 15 is 0 Å². The van der Waals surface area contributed by atoms with Gasteiger partial charge in [-0.1, -0.05) is 25.4 Å². The fraction of sp³-hybridized carbons (Fsp3) is 0.500. The van der Waals surface area contributed by atoms with E-state index in [2.05, 4.69) is 10.6 Å². The number of halogens is 4. The quantitative estimate of drug-likeness (QED) is 0.828. The van der Waals surface area contributed by atoms with Crippen molar-refractivity contribution in [1.82, 2.24) is 5.32 Å². The van der Waals surface area contributed by atoms with E-state index in [-0.39, 0.29) is 29.2 Å². The van der Waals surface area contributed by atoms with Gasteiger partial charge in [-0.25, -0.2) is 0 Å². The highest BCUT2D eigenvalue weighted by Gasteiger charge is 2.33. The molecule has 118 valence electrons. The first-order chi connectivity index (χ1) is 9.77. The molecular formula is C14H18ClF3N2O. The van der Waals surface area contributed by atoms with Crippen LogP contribution in [0.2, 0.25) is 5.02 Å². The van der Waals surface area contributed by atoms with Gasteiger partial charge in [-0.3, -0.25) is 4.79 Å². The van der Waals surface area contributed by atoms with Gasteiger partial charge < -0.3 is 10.6 Å². The molecule has 0 aliphatic carbocycles. The summed E-state index contributed by atoms with van der Waals surface area (Å²) in [4.78, 5) is 11.7. The van der Waals surface area contributed by atoms with Crippen molar-refractivity contribution < 1.29 is 18.0 Å². The molecule has 0 saturated heterocycles. The Morgan fingerprint density at radius 3 is 2.43 bits per heavy atom. The summed E-state index contributed by atoms with van der Waals surface area (Å²) in [7, 11) is 0. The maximum absolute atomic E-state index is 12.7. The molecule has 1 rings (SSSR count). The van der Waals surface area contributed by atoms with E-state index in [0.717, 1.165) is 25.0 Å². The minimum atomic E-state index is -4.52. The summed E-state index contributed by atoms with van der Waals surface area (Å²) >= 11 is 5.52. The second-order valence-electron chi connectivity index (χ2n) is 4.63. The summed E-state index contributed by atoms with van der Waals surface area (Å²) in [6.45, 7) is 3.82. The van der Waals surface area contributed by atoms with Gasteiger partial charge in [-0.05, 0) is 31.0 Å². The number of hydrogen-bond donors (Lipinski definition) is 2. The van der Waals surface area contributed by atoms with Gasteiger partial charge in [0.1, 0.15) is 0 Å². The SMILES string of the molecule is CCC(CC)NC(=O)CNc1ccc(Cl)c(C(F)(F)F)c1. The van der Waals surface area contributed by atoms with Crippen molar-refractivity contribution in [3.05, 3.63) is 28.8 Å². The van der Waals surface area contributed by atoms with Crippen molar-refractivity contribution in [1.29, 1.82) is 0 Å². The van der Waals surface area contributed by atoms with Crippen molar-refractivity contribution in [3.63, 3.8) is 0 Å². The Morgan fingerprint density at radius 1 is 1.29 bits per heavy atom. The second-order valence-corrected chi connectivity index (χ2v) is 5.03. The van der Waals surface area contributed by atoms with E-state index < -0.39 is 11.7 Å². The van der Waals surface area contributed by atoms with Crippen molar-refractivity contribution in [2.45, 2.75) is 38.9 Å². The van der Waals surface area contributed by atoms with Crippen LogP contribution in [0.3, 0.4) is 0 Å². The standard InChI is InChI=1S/C14H18ClF3N2O/c1-3-9(4-2)20-13(21)8-19-10-5-6-12(15)11(7-10)14(16,17)18/h5-7,9,19H,3-4,8H2,1-2H3,(H,20,21). The van der Waals surface area contributed by atoms with E-state index in [1.165, 1.54) is 6.07 Å². The zero-order valence-corrected chi connectivity index (χ0v) is 12.6. The molecule has 0 unspecified atom stereocenters. The first-order valence-corrected chi connectivity index (χ1v) is 7.05. The predicted octanol–water partition coefficient (Wildman–Crippen LogP) is 4.08. The van der Waals surface area contributed by atoms with Crippen LogP contribution in [-0.4, -0.2) is 18.5 Å². The second kappa shape index (κ2) is 7.54. The summed E-state index contributed by atoms with van der Waals surface area (Å²) in [5.41, 5.74) is -0.721. The molecule has 21 heavy (non-hydrogen) atoms. The average molecular weight is 323 g/mol. The Hall–Kier alpha value is -1.43. The van der Waals surface area contributed by atoms with Crippen LogP contribution in [0.4, 0.5) is 18.9 Å². The first-order valence-electron chi connectivity index (χ1n) is 6.67. The summed E-state index contributed by atoms with van der Waals surface area (Å²) in [6.07, 6.45) is -2.91. The van der Waals surface area contributed by atoms with Gasteiger partial charge in [-0.2, -0.15) is 13.2 Å². The minimum Gasteiger partial charge on any atom is -0.376 e. The van der Waals surface area contributed by atoms with Crippen LogP contribution in [-0.2, 0) is 11.0 Å². The molecule has 0 atom stereocenters. The Kier molecular flexibility index (Phi) is 6.33. The maximum Gasteiger partial charge on any atom is 0.417 e. The maximum atomic E-state index is 12.7. The average Bonchev–Trinajstić information content (AvgIpc) is 2.42. The molecule has 0 heterocycles. The highest BCUT2D eigenvalue weighted by molar-refractivity contribution is 6.31. The molecule has 1 amide bonds. The number of nitrogens with one attached hydrogen (secondary N) is 2. The van der Waals surface area contributed by atoms with Crippen LogP contribution in [0.1, 0.15) is 32.3 Å². The van der Waals surface area contributed by atoms with E-state index in [0.29, 0.717) is 0 Å². The molecule has 2 N–H and O–H groups in total. The number of alkyl halides is 3. The number of rotatable bonds is 6. The van der Waals surface area contributed by atoms with E-state index in [1.807, 2.05) is 13.8 Å². The van der Waals surface area contributed by atoms with Crippen LogP contribution in [0.5, 0.6) is 0 Å². The topological polar surface area (TPSA) is 41.1 Å². The third kappa shape index (κ3) is 5.46. The number of carbonyl (C=O) groups excluding carboxylic acids is 1. The van der Waals surface area contributed by atoms with Crippen LogP contribution in [0, 0.1) is 0 Å². The first kappa shape index (κ1) is 17.6. The van der Waals surface area contributed by atoms with Crippen LogP contribution < -0.4 is 10.6 Å². The van der Waals surface area contributed by atoms with Gasteiger partial charge in [-0.15, -0.1) is 0 Å². The fourth-order valence-electron chi connectivity index (χ4n) is 1.81. The highest BCUT2D eigenvalue weighted by Crippen LogP contribution is 2.36. The lowest BCUT2D eigenvalue weighted by molar-refractivity contribution is -0.137. The lowest BCUT2D eigenvalue weighted by Gasteiger charge is -2.16. The molecule has 7 heteroatoms. The van der Waals surface area contributed by atoms with Gasteiger partial charge in [0.05, 0.1) is 17.1 Å². The molecule has 0 spiro atoms. The van der Waals surface area contributed by atoms with Gasteiger partial charge in [0, 0.05) is 11.7 Å². The van der Waals surface area contributed by atoms with E-state index in [1.54, 1.807) is 0 Å². The molecule has 0 radical (unpaired) electrons. The van der Waals surface area contributed by atoms with Gasteiger partial charge in [0.2, 0.25) is 5.91 Å². The smallest absolute Gasteiger partial charge is 0.376 e. The third-order valence-electron chi connectivity index (χ3n) is 3.08. The monoisotopic (exact) mass is 322 g/mol. The van der Waals surface area contributed by atoms with Crippen molar-refractivity contribution >= 4 is 23.2 Å². The largest absolute Gasteiger partial charge is 0.417 e. The molecule has 0 fully saturated rings. The van der Waals surface area contributed by atoms with Crippen LogP contribution in [0.15, 0.2) is 18.2 Å². The molecule has 1 aromatic carbocycles. The van der Waals surface area contributed by atoms with Crippen molar-refractivity contribution in [2.75, 3.05) is 11.9 Å². The van der Waals surface area contributed by atoms with Crippen molar-refractivity contribution in [2.24, 2.45) is 0 Å². The number of amides is 1. The molecule has 0 aliphatic rings. The Morgan fingerprint density at radius 2 is 1.90 bits per heavy atom. The lowest BCUT2D eigenvalue weighted by Crippen LogP contribution is -2.37. The molecule has 1 aromatic rings. The molecule has 0 bridgehead atoms. The molecule has 0 aliphatic heterocycles. The molecule has 0 aromatic heterocycles. The van der Waals surface area contributed by atoms with Gasteiger partial charge in [0.15, 0.2) is 0 Å². The normalized spacial score (nSPS) is 11.6. The zero-order chi connectivity index (χ0) is 16.0. The number of benzene rings is 1. The Balaban J connectivity index is 2.66. The number of hydrogen-bond acceptors (Lipinski definition) is 2. The van der Waals surface area contributed by atoms with Gasteiger partial charge >= 0.3 is 6.18 Å². The highest BCUT2D eigenvalue weighted by atomic mass is 35.5. The Bertz CT molecular complexity index is 488. The number of anilines is 1. The lowest BCUT2D eigenvalue weighted by atomic mass is 10.1. The molecular weight excluding hydrogens is 305 g/mol. The van der Waals surface area contributed by atoms with E-state index in [4.69, 9.17) is 11.6 Å². The predicted molar refractivity (Wildman–Crippen MR) is 77.5 cm³/mol. The minimum absolute atomic E-state index is 0.0789. The van der Waals surface area contributed by atoms with Crippen LogP contribution >= 0.6 is 11.6 Å². The summed E-state index contributed by atoms with van der Waals surface area (Å²) in [6, 6.07) is 3.54. The summed E-state index contributed by atoms with van der Waals surface area (Å²) < 4.78 is 38.1. The Labute approximate surface area is 126 Å². The zero-order valence-electron chi connectivity index (χ0n) is 11.9. The van der Waals surface area contributed by atoms with Gasteiger partial charge in [0.25, 0.3) is 0 Å². The summed E-state index contributed by atoms with van der Waals surface area (Å²) in [5.74, 6) is -0.257. The van der Waals surface area contributed by atoms with Crippen molar-refractivity contribution in [3.8, 4) is 0 Å². The summed E-state index contributed by atoms with van der Waals surface area (Å²) in [5, 5.41) is 5.09. The van der Waals surface area contributed by atoms with E-state index in [9.17, 15) is 18.0 Å².